The molecule has 0 fully saturated rings. The lowest BCUT2D eigenvalue weighted by molar-refractivity contribution is -0.260. The maximum Gasteiger partial charge on any atom is 0.452 e. The topological polar surface area (TPSA) is 190 Å². The minimum Gasteiger partial charge on any atom is -0.392 e. The molecule has 0 aliphatic heterocycles. The first-order chi connectivity index (χ1) is 16.5. The van der Waals surface area contributed by atoms with Crippen molar-refractivity contribution in [1.29, 1.82) is 0 Å². The van der Waals surface area contributed by atoms with E-state index < -0.39 is 38.5 Å². The molecule has 2 unspecified atom stereocenters. The molecule has 0 radical (unpaired) electrons. The first-order valence-electron chi connectivity index (χ1n) is 10.9. The Kier molecular flexibility index (Phi) is 14.5. The number of rotatable bonds is 19. The Balaban J connectivity index is 3.79. The lowest BCUT2D eigenvalue weighted by Gasteiger charge is -2.26. The third kappa shape index (κ3) is 10.4. The summed E-state index contributed by atoms with van der Waals surface area (Å²) in [6.07, 6.45) is -1.82. The van der Waals surface area contributed by atoms with Gasteiger partial charge in [-0.3, -0.25) is 0 Å². The van der Waals surface area contributed by atoms with E-state index in [2.05, 4.69) is 15.0 Å². The molecule has 1 rings (SSSR count). The zero-order valence-corrected chi connectivity index (χ0v) is 22.3. The summed E-state index contributed by atoms with van der Waals surface area (Å²) in [5, 5.41) is 19.9. The Morgan fingerprint density at radius 2 is 1.00 bits per heavy atom. The van der Waals surface area contributed by atoms with Crippen LogP contribution in [-0.2, 0) is 47.4 Å². The predicted octanol–water partition coefficient (Wildman–Crippen LogP) is 0.949. The summed E-state index contributed by atoms with van der Waals surface area (Å²) in [4.78, 5) is 32.6. The highest BCUT2D eigenvalue weighted by Crippen LogP contribution is 2.49. The van der Waals surface area contributed by atoms with Gasteiger partial charge in [0.05, 0.1) is 38.6 Å². The second-order valence-electron chi connectivity index (χ2n) is 6.76. The van der Waals surface area contributed by atoms with Gasteiger partial charge in [0.1, 0.15) is 0 Å². The molecular formula is C17H34N4O12P2. The largest absolute Gasteiger partial charge is 0.452 e. The fourth-order valence-electron chi connectivity index (χ4n) is 2.25. The Morgan fingerprint density at radius 3 is 1.26 bits per heavy atom. The molecule has 1 aromatic heterocycles. The van der Waals surface area contributed by atoms with Crippen molar-refractivity contribution in [2.45, 2.75) is 53.8 Å². The molecule has 0 bridgehead atoms. The van der Waals surface area contributed by atoms with Gasteiger partial charge in [0.2, 0.25) is 5.95 Å². The van der Waals surface area contributed by atoms with Gasteiger partial charge < -0.3 is 15.1 Å². The van der Waals surface area contributed by atoms with Crippen molar-refractivity contribution >= 4 is 32.3 Å². The lowest BCUT2D eigenvalue weighted by atomic mass is 10.3. The molecule has 0 saturated heterocycles. The van der Waals surface area contributed by atoms with Crippen LogP contribution in [0.1, 0.15) is 41.5 Å². The number of anilines is 1. The molecular weight excluding hydrogens is 514 g/mol. The molecule has 0 saturated carbocycles. The Hall–Kier alpha value is -1.13. The highest BCUT2D eigenvalue weighted by atomic mass is 31.2. The second-order valence-corrected chi connectivity index (χ2v) is 10.1. The summed E-state index contributed by atoms with van der Waals surface area (Å²) < 4.78 is 46.5. The Morgan fingerprint density at radius 1 is 0.686 bits per heavy atom. The van der Waals surface area contributed by atoms with E-state index in [1.165, 1.54) is 18.7 Å². The van der Waals surface area contributed by atoms with Crippen molar-refractivity contribution < 1.29 is 57.6 Å². The zero-order valence-electron chi connectivity index (χ0n) is 20.6. The minimum atomic E-state index is -4.56. The van der Waals surface area contributed by atoms with Crippen molar-refractivity contribution in [1.82, 2.24) is 15.0 Å². The van der Waals surface area contributed by atoms with E-state index in [-0.39, 0.29) is 45.5 Å². The molecule has 0 aromatic carbocycles. The first-order valence-corrected chi connectivity index (χ1v) is 14.0. The number of hydrogen-bond acceptors (Lipinski definition) is 16. The van der Waals surface area contributed by atoms with Crippen LogP contribution in [0.25, 0.3) is 0 Å². The number of nitrogens with zero attached hydrogens (tertiary/aromatic N) is 4. The number of aliphatic hydroxyl groups is 2. The molecule has 16 nitrogen and oxygen atoms in total. The molecule has 0 aliphatic rings. The van der Waals surface area contributed by atoms with Crippen LogP contribution in [0.4, 0.5) is 5.95 Å². The Labute approximate surface area is 203 Å². The average Bonchev–Trinajstić information content (AvgIpc) is 2.82. The maximum atomic E-state index is 13.5. The number of hydrogen-bond donors (Lipinski definition) is 2. The van der Waals surface area contributed by atoms with E-state index in [1.54, 1.807) is 27.7 Å². The van der Waals surface area contributed by atoms with Gasteiger partial charge in [0.25, 0.3) is 11.1 Å². The summed E-state index contributed by atoms with van der Waals surface area (Å²) in [6, 6.07) is 0. The summed E-state index contributed by atoms with van der Waals surface area (Å²) in [6.45, 7) is 8.93. The Bertz CT molecular complexity index is 761. The normalized spacial score (nSPS) is 14.2. The molecule has 1 aromatic rings. The van der Waals surface area contributed by atoms with Crippen LogP contribution in [0.3, 0.4) is 0 Å². The molecule has 2 atom stereocenters. The quantitative estimate of drug-likeness (QED) is 0.141. The van der Waals surface area contributed by atoms with Gasteiger partial charge in [0, 0.05) is 13.1 Å². The third-order valence-electron chi connectivity index (χ3n) is 3.42. The molecule has 0 aliphatic carbocycles. The molecule has 204 valence electrons. The first kappa shape index (κ1) is 31.9. The number of aromatic nitrogens is 3. The zero-order chi connectivity index (χ0) is 26.5. The van der Waals surface area contributed by atoms with Crippen molar-refractivity contribution in [2.24, 2.45) is 0 Å². The highest BCUT2D eigenvalue weighted by Gasteiger charge is 2.42. The van der Waals surface area contributed by atoms with Crippen LogP contribution < -0.4 is 16.0 Å². The van der Waals surface area contributed by atoms with E-state index in [0.717, 1.165) is 0 Å². The SMILES string of the molecule is CCOOP(=O)(OOCC)c1nc(N(CC(C)O)CC(C)O)nc(P(=O)(OOCC)OOCC)n1. The molecule has 1 heterocycles. The highest BCUT2D eigenvalue weighted by molar-refractivity contribution is 7.62. The molecule has 35 heavy (non-hydrogen) atoms. The maximum absolute atomic E-state index is 13.5. The van der Waals surface area contributed by atoms with Gasteiger partial charge >= 0.3 is 15.2 Å². The van der Waals surface area contributed by atoms with Crippen LogP contribution >= 0.6 is 15.2 Å². The number of aliphatic hydroxyl groups excluding tert-OH is 2. The molecule has 0 amide bonds. The van der Waals surface area contributed by atoms with E-state index in [0.29, 0.717) is 0 Å². The standard InChI is InChI=1S/C17H34N4O12P2/c1-7-26-30-34(24,31-27-8-2)16-18-15(21(11-13(5)22)12-14(6)23)19-17(20-16)35(25,32-28-9-3)33-29-10-4/h13-14,22-23H,7-12H2,1-6H3. The van der Waals surface area contributed by atoms with E-state index in [1.807, 2.05) is 0 Å². The van der Waals surface area contributed by atoms with Gasteiger partial charge in [-0.1, -0.05) is 0 Å². The monoisotopic (exact) mass is 548 g/mol. The fourth-order valence-corrected chi connectivity index (χ4v) is 4.48. The smallest absolute Gasteiger partial charge is 0.392 e. The fraction of sp³-hybridized carbons (Fsp3) is 0.824. The van der Waals surface area contributed by atoms with Gasteiger partial charge in [-0.2, -0.15) is 15.0 Å². The van der Waals surface area contributed by atoms with Crippen LogP contribution in [0.5, 0.6) is 0 Å². The summed E-state index contributed by atoms with van der Waals surface area (Å²) in [5.41, 5.74) is -1.39. The van der Waals surface area contributed by atoms with Crippen molar-refractivity contribution in [2.75, 3.05) is 44.4 Å². The van der Waals surface area contributed by atoms with Gasteiger partial charge in [0.15, 0.2) is 0 Å². The van der Waals surface area contributed by atoms with E-state index >= 15 is 0 Å². The van der Waals surface area contributed by atoms with Crippen LogP contribution in [0.2, 0.25) is 0 Å². The van der Waals surface area contributed by atoms with Gasteiger partial charge in [-0.25, -0.2) is 28.7 Å². The lowest BCUT2D eigenvalue weighted by Crippen LogP contribution is -2.41. The summed E-state index contributed by atoms with van der Waals surface area (Å²) >= 11 is 0. The molecule has 0 spiro atoms. The van der Waals surface area contributed by atoms with Crippen molar-refractivity contribution in [3.8, 4) is 0 Å². The summed E-state index contributed by atoms with van der Waals surface area (Å²) in [7, 11) is -9.12. The van der Waals surface area contributed by atoms with Gasteiger partial charge in [-0.05, 0) is 41.5 Å². The predicted molar refractivity (Wildman–Crippen MR) is 121 cm³/mol. The van der Waals surface area contributed by atoms with Crippen molar-refractivity contribution in [3.63, 3.8) is 0 Å². The minimum absolute atomic E-state index is 0.0279. The van der Waals surface area contributed by atoms with Crippen LogP contribution in [0.15, 0.2) is 0 Å². The molecule has 2 N–H and O–H groups in total. The van der Waals surface area contributed by atoms with E-state index in [9.17, 15) is 19.3 Å². The van der Waals surface area contributed by atoms with E-state index in [4.69, 9.17) is 38.2 Å². The average molecular weight is 548 g/mol. The second kappa shape index (κ2) is 15.9. The van der Waals surface area contributed by atoms with Gasteiger partial charge in [-0.15, -0.1) is 18.7 Å². The third-order valence-corrected chi connectivity index (χ3v) is 6.00. The molecule has 18 heteroatoms. The summed E-state index contributed by atoms with van der Waals surface area (Å²) in [5.74, 6) is -0.285. The van der Waals surface area contributed by atoms with Crippen molar-refractivity contribution in [3.05, 3.63) is 0 Å². The van der Waals surface area contributed by atoms with Crippen LogP contribution in [0, 0.1) is 0 Å². The van der Waals surface area contributed by atoms with Crippen LogP contribution in [-0.4, -0.2) is 76.9 Å².